The van der Waals surface area contributed by atoms with Crippen LogP contribution in [-0.4, -0.2) is 50.9 Å². The van der Waals surface area contributed by atoms with Gasteiger partial charge < -0.3 is 16.1 Å². The lowest BCUT2D eigenvalue weighted by Crippen LogP contribution is -2.36. The smallest absolute Gasteiger partial charge is 0.243 e. The molecule has 0 spiro atoms. The molecule has 2 rings (SSSR count). The lowest BCUT2D eigenvalue weighted by molar-refractivity contribution is -0.131. The third-order valence-corrected chi connectivity index (χ3v) is 4.57. The first-order valence-corrected chi connectivity index (χ1v) is 8.82. The Morgan fingerprint density at radius 2 is 2.04 bits per heavy atom. The summed E-state index contributed by atoms with van der Waals surface area (Å²) in [6, 6.07) is 7.61. The molecule has 1 aromatic heterocycles. The van der Waals surface area contributed by atoms with Crippen LogP contribution < -0.4 is 11.2 Å². The molecular formula is C16H22N6O2S. The number of nitrogens with two attached hydrogens (primary N) is 1. The third kappa shape index (κ3) is 4.96. The maximum Gasteiger partial charge on any atom is 0.243 e. The number of thioether (sulfide) groups is 1. The van der Waals surface area contributed by atoms with E-state index in [-0.39, 0.29) is 24.1 Å². The van der Waals surface area contributed by atoms with Gasteiger partial charge in [0.25, 0.3) is 0 Å². The van der Waals surface area contributed by atoms with Crippen LogP contribution in [-0.2, 0) is 16.0 Å². The summed E-state index contributed by atoms with van der Waals surface area (Å²) in [7, 11) is 1.59. The minimum absolute atomic E-state index is 0.0220. The van der Waals surface area contributed by atoms with Crippen molar-refractivity contribution in [1.82, 2.24) is 19.8 Å². The number of para-hydroxylation sites is 1. The van der Waals surface area contributed by atoms with Gasteiger partial charge in [0.05, 0.1) is 12.3 Å². The molecule has 8 nitrogen and oxygen atoms in total. The molecule has 9 heteroatoms. The van der Waals surface area contributed by atoms with Gasteiger partial charge in [-0.1, -0.05) is 36.9 Å². The zero-order valence-electron chi connectivity index (χ0n) is 14.5. The van der Waals surface area contributed by atoms with Gasteiger partial charge in [0.1, 0.15) is 5.82 Å². The Bertz CT molecular complexity index is 761. The Kier molecular flexibility index (Phi) is 6.40. The Balaban J connectivity index is 1.85. The fourth-order valence-electron chi connectivity index (χ4n) is 2.13. The molecule has 0 aliphatic rings. The Morgan fingerprint density at radius 1 is 1.32 bits per heavy atom. The van der Waals surface area contributed by atoms with Gasteiger partial charge in [-0.25, -0.2) is 4.68 Å². The SMILES string of the molecule is CCc1ccccc1NC(=O)CN(C)C(=O)CSc1nnc(C)n1N. The second-order valence-electron chi connectivity index (χ2n) is 5.50. The van der Waals surface area contributed by atoms with Crippen molar-refractivity contribution in [2.24, 2.45) is 0 Å². The molecule has 1 heterocycles. The molecule has 0 radical (unpaired) electrons. The number of likely N-dealkylation sites (N-methyl/N-ethyl adjacent to an activating group) is 1. The second kappa shape index (κ2) is 8.52. The van der Waals surface area contributed by atoms with E-state index in [0.717, 1.165) is 17.7 Å². The predicted octanol–water partition coefficient (Wildman–Crippen LogP) is 1.05. The van der Waals surface area contributed by atoms with E-state index in [0.29, 0.717) is 11.0 Å². The molecule has 1 aromatic carbocycles. The first-order valence-electron chi connectivity index (χ1n) is 7.84. The standard InChI is InChI=1S/C16H22N6O2S/c1-4-12-7-5-6-8-13(12)18-14(23)9-21(3)15(24)10-25-16-20-19-11(2)22(16)17/h5-8H,4,9-10,17H2,1-3H3,(H,18,23). The topological polar surface area (TPSA) is 106 Å². The van der Waals surface area contributed by atoms with Crippen LogP contribution in [0.15, 0.2) is 29.4 Å². The van der Waals surface area contributed by atoms with Crippen LogP contribution in [0.25, 0.3) is 0 Å². The number of carbonyl (C=O) groups excluding carboxylic acids is 2. The molecule has 0 saturated heterocycles. The molecule has 0 atom stereocenters. The van der Waals surface area contributed by atoms with Gasteiger partial charge in [-0.3, -0.25) is 9.59 Å². The van der Waals surface area contributed by atoms with Crippen LogP contribution in [0.1, 0.15) is 18.3 Å². The minimum Gasteiger partial charge on any atom is -0.336 e. The fraction of sp³-hybridized carbons (Fsp3) is 0.375. The first-order chi connectivity index (χ1) is 11.9. The Morgan fingerprint density at radius 3 is 2.68 bits per heavy atom. The monoisotopic (exact) mass is 362 g/mol. The molecule has 0 unspecified atom stereocenters. The van der Waals surface area contributed by atoms with Gasteiger partial charge in [-0.05, 0) is 25.0 Å². The quantitative estimate of drug-likeness (QED) is 0.563. The number of nitrogens with zero attached hydrogens (tertiary/aromatic N) is 4. The Hall–Kier alpha value is -2.55. The van der Waals surface area contributed by atoms with E-state index in [1.807, 2.05) is 31.2 Å². The predicted molar refractivity (Wildman–Crippen MR) is 97.7 cm³/mol. The molecular weight excluding hydrogens is 340 g/mol. The van der Waals surface area contributed by atoms with Gasteiger partial charge in [0.15, 0.2) is 0 Å². The van der Waals surface area contributed by atoms with Crippen LogP contribution in [0, 0.1) is 6.92 Å². The van der Waals surface area contributed by atoms with Gasteiger partial charge in [0.2, 0.25) is 17.0 Å². The summed E-state index contributed by atoms with van der Waals surface area (Å²) in [4.78, 5) is 25.7. The second-order valence-corrected chi connectivity index (χ2v) is 6.44. The number of benzene rings is 1. The van der Waals surface area contributed by atoms with E-state index >= 15 is 0 Å². The van der Waals surface area contributed by atoms with Crippen molar-refractivity contribution in [3.63, 3.8) is 0 Å². The average molecular weight is 362 g/mol. The van der Waals surface area contributed by atoms with Crippen molar-refractivity contribution in [2.45, 2.75) is 25.4 Å². The van der Waals surface area contributed by atoms with Crippen LogP contribution in [0.5, 0.6) is 0 Å². The fourth-order valence-corrected chi connectivity index (χ4v) is 2.97. The summed E-state index contributed by atoms with van der Waals surface area (Å²) in [6.07, 6.45) is 0.820. The van der Waals surface area contributed by atoms with Gasteiger partial charge in [-0.15, -0.1) is 10.2 Å². The third-order valence-electron chi connectivity index (χ3n) is 3.64. The van der Waals surface area contributed by atoms with E-state index in [4.69, 9.17) is 5.84 Å². The van der Waals surface area contributed by atoms with Crippen molar-refractivity contribution >= 4 is 29.3 Å². The van der Waals surface area contributed by atoms with E-state index in [1.54, 1.807) is 14.0 Å². The zero-order valence-corrected chi connectivity index (χ0v) is 15.3. The highest BCUT2D eigenvalue weighted by Crippen LogP contribution is 2.16. The number of rotatable bonds is 7. The molecule has 0 aliphatic carbocycles. The van der Waals surface area contributed by atoms with E-state index in [9.17, 15) is 9.59 Å². The van der Waals surface area contributed by atoms with Crippen LogP contribution in [0.4, 0.5) is 5.69 Å². The number of aryl methyl sites for hydroxylation is 2. The van der Waals surface area contributed by atoms with Gasteiger partial charge in [-0.2, -0.15) is 0 Å². The number of hydrogen-bond acceptors (Lipinski definition) is 6. The van der Waals surface area contributed by atoms with Crippen molar-refractivity contribution in [1.29, 1.82) is 0 Å². The van der Waals surface area contributed by atoms with Crippen LogP contribution in [0.3, 0.4) is 0 Å². The van der Waals surface area contributed by atoms with Gasteiger partial charge >= 0.3 is 0 Å². The highest BCUT2D eigenvalue weighted by Gasteiger charge is 2.16. The number of aromatic nitrogens is 3. The van der Waals surface area contributed by atoms with Crippen molar-refractivity contribution in [3.8, 4) is 0 Å². The lowest BCUT2D eigenvalue weighted by atomic mass is 10.1. The highest BCUT2D eigenvalue weighted by atomic mass is 32.2. The van der Waals surface area contributed by atoms with E-state index in [2.05, 4.69) is 15.5 Å². The summed E-state index contributed by atoms with van der Waals surface area (Å²) in [5.41, 5.74) is 1.83. The summed E-state index contributed by atoms with van der Waals surface area (Å²) < 4.78 is 1.33. The number of nitrogens with one attached hydrogen (secondary N) is 1. The summed E-state index contributed by atoms with van der Waals surface area (Å²) in [5.74, 6) is 6.01. The first kappa shape index (κ1) is 18.8. The van der Waals surface area contributed by atoms with Gasteiger partial charge in [0, 0.05) is 12.7 Å². The molecule has 2 amide bonds. The molecule has 2 aromatic rings. The molecule has 0 bridgehead atoms. The highest BCUT2D eigenvalue weighted by molar-refractivity contribution is 7.99. The summed E-state index contributed by atoms with van der Waals surface area (Å²) >= 11 is 1.18. The molecule has 134 valence electrons. The van der Waals surface area contributed by atoms with Crippen molar-refractivity contribution in [3.05, 3.63) is 35.7 Å². The van der Waals surface area contributed by atoms with Crippen LogP contribution >= 0.6 is 11.8 Å². The number of amides is 2. The van der Waals surface area contributed by atoms with E-state index < -0.39 is 0 Å². The van der Waals surface area contributed by atoms with Crippen LogP contribution in [0.2, 0.25) is 0 Å². The molecule has 0 aliphatic heterocycles. The summed E-state index contributed by atoms with van der Waals surface area (Å²) in [6.45, 7) is 3.73. The lowest BCUT2D eigenvalue weighted by Gasteiger charge is -2.17. The average Bonchev–Trinajstić information content (AvgIpc) is 2.91. The summed E-state index contributed by atoms with van der Waals surface area (Å²) in [5, 5.41) is 11.0. The molecule has 3 N–H and O–H groups in total. The Labute approximate surface area is 150 Å². The minimum atomic E-state index is -0.236. The molecule has 0 fully saturated rings. The number of carbonyl (C=O) groups is 2. The maximum absolute atomic E-state index is 12.2. The number of anilines is 1. The molecule has 25 heavy (non-hydrogen) atoms. The van der Waals surface area contributed by atoms with Crippen molar-refractivity contribution < 1.29 is 9.59 Å². The largest absolute Gasteiger partial charge is 0.336 e. The number of hydrogen-bond donors (Lipinski definition) is 2. The maximum atomic E-state index is 12.2. The molecule has 0 saturated carbocycles. The number of nitrogen functional groups attached to an aromatic ring is 1. The van der Waals surface area contributed by atoms with E-state index in [1.165, 1.54) is 21.3 Å². The van der Waals surface area contributed by atoms with Crippen molar-refractivity contribution in [2.75, 3.05) is 30.5 Å². The zero-order chi connectivity index (χ0) is 18.4. The normalized spacial score (nSPS) is 10.5.